The summed E-state index contributed by atoms with van der Waals surface area (Å²) < 4.78 is 0. The van der Waals surface area contributed by atoms with Gasteiger partial charge in [-0.3, -0.25) is 5.41 Å². The lowest BCUT2D eigenvalue weighted by molar-refractivity contribution is 0.345. The number of amidine groups is 1. The lowest BCUT2D eigenvalue weighted by atomic mass is 10.2. The van der Waals surface area contributed by atoms with Gasteiger partial charge in [-0.05, 0) is 19.8 Å². The van der Waals surface area contributed by atoms with Gasteiger partial charge in [0.05, 0.1) is 5.84 Å². The van der Waals surface area contributed by atoms with Crippen LogP contribution in [0.25, 0.3) is 0 Å². The third-order valence-electron chi connectivity index (χ3n) is 2.28. The van der Waals surface area contributed by atoms with Crippen molar-refractivity contribution in [3.8, 4) is 0 Å². The molecule has 1 aliphatic rings. The van der Waals surface area contributed by atoms with Crippen LogP contribution in [0.2, 0.25) is 0 Å². The monoisotopic (exact) mass is 140 g/mol. The van der Waals surface area contributed by atoms with E-state index in [9.17, 15) is 0 Å². The van der Waals surface area contributed by atoms with E-state index < -0.39 is 0 Å². The molecule has 1 N–H and O–H groups in total. The summed E-state index contributed by atoms with van der Waals surface area (Å²) in [6, 6.07) is 0.579. The molecule has 0 saturated carbocycles. The third kappa shape index (κ3) is 1.31. The van der Waals surface area contributed by atoms with Gasteiger partial charge in [-0.1, -0.05) is 6.92 Å². The van der Waals surface area contributed by atoms with Crippen molar-refractivity contribution in [1.29, 1.82) is 5.41 Å². The van der Waals surface area contributed by atoms with Crippen molar-refractivity contribution >= 4 is 5.84 Å². The summed E-state index contributed by atoms with van der Waals surface area (Å²) >= 11 is 0. The van der Waals surface area contributed by atoms with E-state index in [0.29, 0.717) is 6.04 Å². The van der Waals surface area contributed by atoms with Gasteiger partial charge in [0.25, 0.3) is 0 Å². The smallest absolute Gasteiger partial charge is 0.0960 e. The van der Waals surface area contributed by atoms with Gasteiger partial charge in [-0.2, -0.15) is 0 Å². The maximum absolute atomic E-state index is 7.57. The molecule has 1 unspecified atom stereocenters. The average molecular weight is 140 g/mol. The molecule has 0 aromatic rings. The molecule has 1 heterocycles. The zero-order valence-electron chi connectivity index (χ0n) is 6.85. The molecule has 1 aliphatic heterocycles. The van der Waals surface area contributed by atoms with Crippen LogP contribution in [-0.4, -0.2) is 23.3 Å². The minimum Gasteiger partial charge on any atom is -0.358 e. The highest BCUT2D eigenvalue weighted by Crippen LogP contribution is 2.14. The zero-order chi connectivity index (χ0) is 7.56. The lowest BCUT2D eigenvalue weighted by Gasteiger charge is -2.24. The van der Waals surface area contributed by atoms with E-state index in [1.807, 2.05) is 0 Å². The number of nitrogens with one attached hydrogen (secondary N) is 1. The van der Waals surface area contributed by atoms with Crippen LogP contribution in [0.3, 0.4) is 0 Å². The molecule has 0 bridgehead atoms. The highest BCUT2D eigenvalue weighted by molar-refractivity contribution is 5.81. The Labute approximate surface area is 62.7 Å². The quantitative estimate of drug-likeness (QED) is 0.622. The van der Waals surface area contributed by atoms with Gasteiger partial charge < -0.3 is 4.90 Å². The Hall–Kier alpha value is -0.530. The minimum atomic E-state index is 0.579. The zero-order valence-corrected chi connectivity index (χ0v) is 6.85. The molecule has 0 aliphatic carbocycles. The second kappa shape index (κ2) is 3.04. The molecule has 1 rings (SSSR count). The standard InChI is InChI=1S/C8H16N2/c1-3-7(2)10-6-4-5-8(10)9/h7,9H,3-6H2,1-2H3. The first-order chi connectivity index (χ1) is 4.75. The fourth-order valence-corrected chi connectivity index (χ4v) is 1.40. The molecule has 10 heavy (non-hydrogen) atoms. The van der Waals surface area contributed by atoms with Gasteiger partial charge in [0, 0.05) is 19.0 Å². The SMILES string of the molecule is CCC(C)N1CCCC1=N. The molecular formula is C8H16N2. The first kappa shape index (κ1) is 7.58. The summed E-state index contributed by atoms with van der Waals surface area (Å²) in [6.45, 7) is 5.48. The average Bonchev–Trinajstić information content (AvgIpc) is 2.34. The number of nitrogens with zero attached hydrogens (tertiary/aromatic N) is 1. The summed E-state index contributed by atoms with van der Waals surface area (Å²) in [5.74, 6) is 0.842. The van der Waals surface area contributed by atoms with Gasteiger partial charge in [-0.25, -0.2) is 0 Å². The van der Waals surface area contributed by atoms with E-state index in [0.717, 1.165) is 25.2 Å². The van der Waals surface area contributed by atoms with Crippen LogP contribution in [0.5, 0.6) is 0 Å². The Bertz CT molecular complexity index is 131. The van der Waals surface area contributed by atoms with E-state index in [2.05, 4.69) is 18.7 Å². The van der Waals surface area contributed by atoms with E-state index in [1.165, 1.54) is 6.42 Å². The second-order valence-corrected chi connectivity index (χ2v) is 3.00. The summed E-state index contributed by atoms with van der Waals surface area (Å²) in [4.78, 5) is 2.21. The Morgan fingerprint density at radius 2 is 2.40 bits per heavy atom. The Balaban J connectivity index is 2.46. The van der Waals surface area contributed by atoms with E-state index in [-0.39, 0.29) is 0 Å². The van der Waals surface area contributed by atoms with Crippen molar-refractivity contribution in [2.24, 2.45) is 0 Å². The number of hydrogen-bond donors (Lipinski definition) is 1. The molecule has 1 atom stereocenters. The van der Waals surface area contributed by atoms with E-state index >= 15 is 0 Å². The number of hydrogen-bond acceptors (Lipinski definition) is 1. The maximum Gasteiger partial charge on any atom is 0.0960 e. The fraction of sp³-hybridized carbons (Fsp3) is 0.875. The van der Waals surface area contributed by atoms with Gasteiger partial charge in [0.1, 0.15) is 0 Å². The molecule has 58 valence electrons. The first-order valence-corrected chi connectivity index (χ1v) is 4.09. The summed E-state index contributed by atoms with van der Waals surface area (Å²) in [5.41, 5.74) is 0. The number of rotatable bonds is 2. The lowest BCUT2D eigenvalue weighted by Crippen LogP contribution is -2.32. The number of likely N-dealkylation sites (tertiary alicyclic amines) is 1. The first-order valence-electron chi connectivity index (χ1n) is 4.09. The predicted molar refractivity (Wildman–Crippen MR) is 43.4 cm³/mol. The third-order valence-corrected chi connectivity index (χ3v) is 2.28. The van der Waals surface area contributed by atoms with Crippen LogP contribution in [-0.2, 0) is 0 Å². The van der Waals surface area contributed by atoms with Crippen molar-refractivity contribution in [2.45, 2.75) is 39.2 Å². The molecule has 0 aromatic heterocycles. The van der Waals surface area contributed by atoms with Crippen LogP contribution >= 0.6 is 0 Å². The minimum absolute atomic E-state index is 0.579. The molecule has 2 heteroatoms. The molecule has 0 aromatic carbocycles. The van der Waals surface area contributed by atoms with Crippen molar-refractivity contribution in [1.82, 2.24) is 4.90 Å². The van der Waals surface area contributed by atoms with Gasteiger partial charge >= 0.3 is 0 Å². The molecule has 0 amide bonds. The van der Waals surface area contributed by atoms with E-state index in [1.54, 1.807) is 0 Å². The normalized spacial score (nSPS) is 21.8. The van der Waals surface area contributed by atoms with Crippen LogP contribution in [0.15, 0.2) is 0 Å². The molecule has 0 radical (unpaired) electrons. The Kier molecular flexibility index (Phi) is 2.30. The van der Waals surface area contributed by atoms with Gasteiger partial charge in [0.15, 0.2) is 0 Å². The molecule has 2 nitrogen and oxygen atoms in total. The second-order valence-electron chi connectivity index (χ2n) is 3.00. The summed E-state index contributed by atoms with van der Waals surface area (Å²) in [5, 5.41) is 7.57. The van der Waals surface area contributed by atoms with Gasteiger partial charge in [-0.15, -0.1) is 0 Å². The van der Waals surface area contributed by atoms with E-state index in [4.69, 9.17) is 5.41 Å². The van der Waals surface area contributed by atoms with Crippen molar-refractivity contribution in [2.75, 3.05) is 6.54 Å². The van der Waals surface area contributed by atoms with Crippen molar-refractivity contribution < 1.29 is 0 Å². The van der Waals surface area contributed by atoms with Crippen LogP contribution < -0.4 is 0 Å². The summed E-state index contributed by atoms with van der Waals surface area (Å²) in [6.07, 6.45) is 3.33. The fourth-order valence-electron chi connectivity index (χ4n) is 1.40. The Morgan fingerprint density at radius 3 is 2.80 bits per heavy atom. The van der Waals surface area contributed by atoms with Gasteiger partial charge in [0.2, 0.25) is 0 Å². The maximum atomic E-state index is 7.57. The molecular weight excluding hydrogens is 124 g/mol. The van der Waals surface area contributed by atoms with Crippen LogP contribution in [0.1, 0.15) is 33.1 Å². The summed E-state index contributed by atoms with van der Waals surface area (Å²) in [7, 11) is 0. The molecule has 1 saturated heterocycles. The largest absolute Gasteiger partial charge is 0.358 e. The predicted octanol–water partition coefficient (Wildman–Crippen LogP) is 1.86. The highest BCUT2D eigenvalue weighted by atomic mass is 15.2. The van der Waals surface area contributed by atoms with Crippen LogP contribution in [0.4, 0.5) is 0 Å². The molecule has 1 fully saturated rings. The van der Waals surface area contributed by atoms with Crippen LogP contribution in [0, 0.1) is 5.41 Å². The molecule has 0 spiro atoms. The van der Waals surface area contributed by atoms with Crippen molar-refractivity contribution in [3.63, 3.8) is 0 Å². The topological polar surface area (TPSA) is 27.1 Å². The van der Waals surface area contributed by atoms with Crippen molar-refractivity contribution in [3.05, 3.63) is 0 Å². The Morgan fingerprint density at radius 1 is 1.70 bits per heavy atom. The highest BCUT2D eigenvalue weighted by Gasteiger charge is 2.20.